The van der Waals surface area contributed by atoms with Crippen LogP contribution in [0.4, 0.5) is 5.69 Å². The van der Waals surface area contributed by atoms with Crippen molar-refractivity contribution in [3.05, 3.63) is 110 Å². The van der Waals surface area contributed by atoms with E-state index in [2.05, 4.69) is 15.4 Å². The summed E-state index contributed by atoms with van der Waals surface area (Å²) < 4.78 is 7.13. The number of rotatable bonds is 8. The number of nitro benzene ring substituents is 1. The SMILES string of the molecule is O=c1ccccn1-n1nnc(CCc2cc([N+](=O)[O-])ccc2OCc2ccccc2)n1. The molecular formula is C21H18N6O4. The van der Waals surface area contributed by atoms with Crippen molar-refractivity contribution in [3.8, 4) is 5.75 Å². The summed E-state index contributed by atoms with van der Waals surface area (Å²) in [4.78, 5) is 23.8. The predicted octanol–water partition coefficient (Wildman–Crippen LogP) is 2.42. The highest BCUT2D eigenvalue weighted by Crippen LogP contribution is 2.26. The van der Waals surface area contributed by atoms with Gasteiger partial charge >= 0.3 is 0 Å². The Labute approximate surface area is 176 Å². The van der Waals surface area contributed by atoms with Gasteiger partial charge in [-0.15, -0.1) is 10.2 Å². The third kappa shape index (κ3) is 4.81. The van der Waals surface area contributed by atoms with Gasteiger partial charge in [-0.05, 0) is 29.3 Å². The summed E-state index contributed by atoms with van der Waals surface area (Å²) in [6, 6.07) is 18.9. The van der Waals surface area contributed by atoms with Crippen molar-refractivity contribution in [2.75, 3.05) is 0 Å². The first-order valence-corrected chi connectivity index (χ1v) is 9.51. The summed E-state index contributed by atoms with van der Waals surface area (Å²) in [5.41, 5.74) is 1.35. The van der Waals surface area contributed by atoms with Gasteiger partial charge in [-0.2, -0.15) is 4.68 Å². The minimum Gasteiger partial charge on any atom is -0.489 e. The molecule has 0 aliphatic heterocycles. The fourth-order valence-corrected chi connectivity index (χ4v) is 2.99. The zero-order valence-corrected chi connectivity index (χ0v) is 16.4. The van der Waals surface area contributed by atoms with Gasteiger partial charge in [0.15, 0.2) is 5.82 Å². The Kier molecular flexibility index (Phi) is 5.79. The molecule has 31 heavy (non-hydrogen) atoms. The van der Waals surface area contributed by atoms with Gasteiger partial charge in [0.1, 0.15) is 12.4 Å². The van der Waals surface area contributed by atoms with Crippen LogP contribution in [0.3, 0.4) is 0 Å². The number of nitrogens with zero attached hydrogens (tertiary/aromatic N) is 6. The van der Waals surface area contributed by atoms with E-state index in [-0.39, 0.29) is 11.2 Å². The topological polar surface area (TPSA) is 118 Å². The molecule has 0 saturated heterocycles. The molecule has 10 nitrogen and oxygen atoms in total. The molecule has 2 heterocycles. The van der Waals surface area contributed by atoms with E-state index in [4.69, 9.17) is 4.74 Å². The third-order valence-electron chi connectivity index (χ3n) is 4.55. The summed E-state index contributed by atoms with van der Waals surface area (Å²) in [5.74, 6) is 0.956. The molecule has 0 unspecified atom stereocenters. The van der Waals surface area contributed by atoms with Crippen molar-refractivity contribution in [2.24, 2.45) is 0 Å². The van der Waals surface area contributed by atoms with Crippen LogP contribution in [0.15, 0.2) is 77.7 Å². The number of nitro groups is 1. The van der Waals surface area contributed by atoms with Crippen LogP contribution in [-0.2, 0) is 19.4 Å². The summed E-state index contributed by atoms with van der Waals surface area (Å²) in [5, 5.41) is 23.3. The number of ether oxygens (including phenoxy) is 1. The molecule has 4 rings (SSSR count). The Morgan fingerprint density at radius 1 is 1.00 bits per heavy atom. The van der Waals surface area contributed by atoms with E-state index >= 15 is 0 Å². The van der Waals surface area contributed by atoms with Gasteiger partial charge in [0.05, 0.1) is 4.92 Å². The standard InChI is InChI=1S/C21H18N6O4/c28-21-8-4-5-13-25(21)27-23-20(22-24-27)12-9-17-14-18(26(29)30)10-11-19(17)31-15-16-6-2-1-3-7-16/h1-8,10-11,13-14H,9,12,15H2. The van der Waals surface area contributed by atoms with Crippen molar-refractivity contribution >= 4 is 5.69 Å². The van der Waals surface area contributed by atoms with Crippen LogP contribution in [0.25, 0.3) is 0 Å². The summed E-state index contributed by atoms with van der Waals surface area (Å²) in [7, 11) is 0. The molecular weight excluding hydrogens is 400 g/mol. The normalized spacial score (nSPS) is 10.7. The van der Waals surface area contributed by atoms with Crippen LogP contribution < -0.4 is 10.3 Å². The van der Waals surface area contributed by atoms with Crippen molar-refractivity contribution in [1.29, 1.82) is 0 Å². The van der Waals surface area contributed by atoms with Crippen molar-refractivity contribution in [2.45, 2.75) is 19.4 Å². The Morgan fingerprint density at radius 2 is 1.81 bits per heavy atom. The van der Waals surface area contributed by atoms with E-state index in [1.165, 1.54) is 29.1 Å². The zero-order chi connectivity index (χ0) is 21.6. The number of benzene rings is 2. The maximum absolute atomic E-state index is 11.9. The van der Waals surface area contributed by atoms with E-state index in [1.807, 2.05) is 30.3 Å². The summed E-state index contributed by atoms with van der Waals surface area (Å²) >= 11 is 0. The highest BCUT2D eigenvalue weighted by Gasteiger charge is 2.14. The number of aryl methyl sites for hydroxylation is 2. The van der Waals surface area contributed by atoms with Crippen LogP contribution in [0, 0.1) is 10.1 Å². The maximum atomic E-state index is 11.9. The molecule has 156 valence electrons. The fourth-order valence-electron chi connectivity index (χ4n) is 2.99. The third-order valence-corrected chi connectivity index (χ3v) is 4.55. The monoisotopic (exact) mass is 418 g/mol. The van der Waals surface area contributed by atoms with Gasteiger partial charge in [-0.3, -0.25) is 14.9 Å². The summed E-state index contributed by atoms with van der Waals surface area (Å²) in [6.45, 7) is 0.344. The van der Waals surface area contributed by atoms with Crippen LogP contribution in [0.5, 0.6) is 5.75 Å². The average Bonchev–Trinajstić information content (AvgIpc) is 3.26. The summed E-state index contributed by atoms with van der Waals surface area (Å²) in [6.07, 6.45) is 2.30. The highest BCUT2D eigenvalue weighted by molar-refractivity contribution is 5.44. The number of hydrogen-bond acceptors (Lipinski definition) is 7. The Hall–Kier alpha value is -4.34. The van der Waals surface area contributed by atoms with Crippen molar-refractivity contribution in [1.82, 2.24) is 25.0 Å². The number of tetrazole rings is 1. The first-order chi connectivity index (χ1) is 15.1. The minimum atomic E-state index is -0.444. The number of hydrogen-bond donors (Lipinski definition) is 0. The molecule has 0 aliphatic rings. The lowest BCUT2D eigenvalue weighted by atomic mass is 10.1. The van der Waals surface area contributed by atoms with Gasteiger partial charge in [-0.25, -0.2) is 0 Å². The van der Waals surface area contributed by atoms with Gasteiger partial charge in [0.2, 0.25) is 0 Å². The van der Waals surface area contributed by atoms with Crippen LogP contribution in [0.1, 0.15) is 17.0 Å². The van der Waals surface area contributed by atoms with Gasteiger partial charge in [-0.1, -0.05) is 41.3 Å². The molecule has 0 amide bonds. The molecule has 0 N–H and O–H groups in total. The molecule has 0 bridgehead atoms. The lowest BCUT2D eigenvalue weighted by Crippen LogP contribution is -2.26. The molecule has 0 radical (unpaired) electrons. The van der Waals surface area contributed by atoms with Crippen LogP contribution >= 0.6 is 0 Å². The second kappa shape index (κ2) is 8.99. The predicted molar refractivity (Wildman–Crippen MR) is 111 cm³/mol. The molecule has 10 heteroatoms. The first-order valence-electron chi connectivity index (χ1n) is 9.51. The van der Waals surface area contributed by atoms with Crippen LogP contribution in [0.2, 0.25) is 0 Å². The van der Waals surface area contributed by atoms with E-state index in [0.717, 1.165) is 10.5 Å². The molecule has 2 aromatic heterocycles. The van der Waals surface area contributed by atoms with Gasteiger partial charge < -0.3 is 4.74 Å². The molecule has 4 aromatic rings. The van der Waals surface area contributed by atoms with E-state index in [1.54, 1.807) is 18.2 Å². The number of pyridine rings is 1. The van der Waals surface area contributed by atoms with Crippen molar-refractivity contribution in [3.63, 3.8) is 0 Å². The number of non-ortho nitro benzene ring substituents is 1. The Balaban J connectivity index is 1.51. The largest absolute Gasteiger partial charge is 0.489 e. The maximum Gasteiger partial charge on any atom is 0.272 e. The minimum absolute atomic E-state index is 0.0190. The highest BCUT2D eigenvalue weighted by atomic mass is 16.6. The number of aromatic nitrogens is 5. The average molecular weight is 418 g/mol. The van der Waals surface area contributed by atoms with E-state index in [9.17, 15) is 14.9 Å². The molecule has 0 spiro atoms. The Morgan fingerprint density at radius 3 is 2.58 bits per heavy atom. The second-order valence-electron chi connectivity index (χ2n) is 6.68. The molecule has 2 aromatic carbocycles. The molecule has 0 aliphatic carbocycles. The van der Waals surface area contributed by atoms with Crippen molar-refractivity contribution < 1.29 is 9.66 Å². The van der Waals surface area contributed by atoms with Crippen LogP contribution in [-0.4, -0.2) is 29.9 Å². The first kappa shape index (κ1) is 20.0. The lowest BCUT2D eigenvalue weighted by molar-refractivity contribution is -0.384. The van der Waals surface area contributed by atoms with Gasteiger partial charge in [0, 0.05) is 36.4 Å². The Bertz CT molecular complexity index is 1250. The molecule has 0 saturated carbocycles. The quantitative estimate of drug-likeness (QED) is 0.318. The molecule has 0 atom stereocenters. The zero-order valence-electron chi connectivity index (χ0n) is 16.4. The smallest absolute Gasteiger partial charge is 0.272 e. The van der Waals surface area contributed by atoms with Gasteiger partial charge in [0.25, 0.3) is 11.2 Å². The van der Waals surface area contributed by atoms with E-state index < -0.39 is 4.92 Å². The molecule has 0 fully saturated rings. The fraction of sp³-hybridized carbons (Fsp3) is 0.143. The second-order valence-corrected chi connectivity index (χ2v) is 6.68. The van der Waals surface area contributed by atoms with E-state index in [0.29, 0.717) is 36.6 Å². The lowest BCUT2D eigenvalue weighted by Gasteiger charge is -2.11.